The Hall–Kier alpha value is -3.59. The van der Waals surface area contributed by atoms with Crippen molar-refractivity contribution in [3.05, 3.63) is 125 Å². The third-order valence-electron chi connectivity index (χ3n) is 6.25. The van der Waals surface area contributed by atoms with Crippen LogP contribution in [0.15, 0.2) is 108 Å². The van der Waals surface area contributed by atoms with Crippen molar-refractivity contribution >= 4 is 12.0 Å². The highest BCUT2D eigenvalue weighted by Crippen LogP contribution is 2.52. The highest BCUT2D eigenvalue weighted by Gasteiger charge is 2.50. The Kier molecular flexibility index (Phi) is 5.77. The minimum Gasteiger partial charge on any atom is -0.366 e. The molecule has 0 bridgehead atoms. The van der Waals surface area contributed by atoms with Crippen LogP contribution in [0, 0.1) is 0 Å². The third kappa shape index (κ3) is 3.68. The van der Waals surface area contributed by atoms with Crippen LogP contribution < -0.4 is 5.73 Å². The minimum absolute atomic E-state index is 0.363. The van der Waals surface area contributed by atoms with Gasteiger partial charge in [-0.05, 0) is 36.1 Å². The number of carbonyl (C=O) groups excluding carboxylic acids is 1. The SMILES string of the molecule is CCC1(c2ccccc2)C(C(N)=O)=C(C)N(Cc2ccccc2)/C1=C\c1ccccc1. The van der Waals surface area contributed by atoms with E-state index in [1.54, 1.807) is 0 Å². The molecule has 0 radical (unpaired) electrons. The van der Waals surface area contributed by atoms with Crippen molar-refractivity contribution in [1.29, 1.82) is 0 Å². The zero-order valence-corrected chi connectivity index (χ0v) is 18.1. The number of rotatable bonds is 6. The van der Waals surface area contributed by atoms with Crippen LogP contribution in [0.1, 0.15) is 37.0 Å². The molecule has 0 saturated carbocycles. The Morgan fingerprint density at radius 1 is 0.903 bits per heavy atom. The van der Waals surface area contributed by atoms with Gasteiger partial charge in [0.15, 0.2) is 0 Å². The molecule has 4 rings (SSSR count). The fourth-order valence-corrected chi connectivity index (χ4v) is 4.83. The molecule has 1 aliphatic heterocycles. The summed E-state index contributed by atoms with van der Waals surface area (Å²) in [4.78, 5) is 15.1. The Morgan fingerprint density at radius 3 is 2.00 bits per heavy atom. The molecule has 3 heteroatoms. The summed E-state index contributed by atoms with van der Waals surface area (Å²) in [5.74, 6) is -0.363. The first-order valence-electron chi connectivity index (χ1n) is 10.7. The van der Waals surface area contributed by atoms with Gasteiger partial charge in [-0.25, -0.2) is 0 Å². The maximum Gasteiger partial charge on any atom is 0.247 e. The maximum absolute atomic E-state index is 12.9. The molecule has 3 nitrogen and oxygen atoms in total. The second-order valence-corrected chi connectivity index (χ2v) is 7.96. The minimum atomic E-state index is -0.595. The Labute approximate surface area is 184 Å². The molecule has 0 aromatic heterocycles. The summed E-state index contributed by atoms with van der Waals surface area (Å²) in [6, 6.07) is 30.9. The van der Waals surface area contributed by atoms with Crippen molar-refractivity contribution in [3.63, 3.8) is 0 Å². The van der Waals surface area contributed by atoms with Crippen LogP contribution >= 0.6 is 0 Å². The standard InChI is InChI=1S/C28H28N2O/c1-3-28(24-17-11-6-12-18-24)25(19-22-13-7-4-8-14-22)30(21(2)26(28)27(29)31)20-23-15-9-5-10-16-23/h4-19H,3,20H2,1-2H3,(H2,29,31)/b25-19-. The Balaban J connectivity index is 1.98. The fourth-order valence-electron chi connectivity index (χ4n) is 4.83. The Morgan fingerprint density at radius 2 is 1.45 bits per heavy atom. The van der Waals surface area contributed by atoms with E-state index >= 15 is 0 Å². The van der Waals surface area contributed by atoms with Gasteiger partial charge in [-0.15, -0.1) is 0 Å². The van der Waals surface area contributed by atoms with E-state index in [-0.39, 0.29) is 5.91 Å². The molecule has 1 aliphatic rings. The van der Waals surface area contributed by atoms with Crippen LogP contribution in [0.2, 0.25) is 0 Å². The average Bonchev–Trinajstić information content (AvgIpc) is 3.04. The smallest absolute Gasteiger partial charge is 0.247 e. The molecular weight excluding hydrogens is 380 g/mol. The summed E-state index contributed by atoms with van der Waals surface area (Å²) in [7, 11) is 0. The molecule has 0 aliphatic carbocycles. The second-order valence-electron chi connectivity index (χ2n) is 7.96. The monoisotopic (exact) mass is 408 g/mol. The lowest BCUT2D eigenvalue weighted by atomic mass is 9.70. The molecule has 3 aromatic carbocycles. The molecule has 0 fully saturated rings. The fraction of sp³-hybridized carbons (Fsp3) is 0.179. The van der Waals surface area contributed by atoms with E-state index in [0.29, 0.717) is 12.1 Å². The van der Waals surface area contributed by atoms with E-state index in [4.69, 9.17) is 5.73 Å². The van der Waals surface area contributed by atoms with Crippen LogP contribution in [-0.4, -0.2) is 10.8 Å². The number of allylic oxidation sites excluding steroid dienone is 2. The summed E-state index contributed by atoms with van der Waals surface area (Å²) in [5.41, 5.74) is 11.5. The van der Waals surface area contributed by atoms with Crippen LogP contribution in [0.3, 0.4) is 0 Å². The van der Waals surface area contributed by atoms with Crippen molar-refractivity contribution in [2.45, 2.75) is 32.2 Å². The zero-order chi connectivity index (χ0) is 21.8. The van der Waals surface area contributed by atoms with E-state index in [9.17, 15) is 4.79 Å². The van der Waals surface area contributed by atoms with E-state index in [0.717, 1.165) is 28.9 Å². The van der Waals surface area contributed by atoms with Crippen molar-refractivity contribution in [1.82, 2.24) is 4.90 Å². The van der Waals surface area contributed by atoms with Crippen molar-refractivity contribution in [2.24, 2.45) is 5.73 Å². The normalized spacial score (nSPS) is 19.8. The molecule has 31 heavy (non-hydrogen) atoms. The van der Waals surface area contributed by atoms with Crippen LogP contribution in [0.25, 0.3) is 6.08 Å². The first kappa shape index (κ1) is 20.7. The highest BCUT2D eigenvalue weighted by molar-refractivity contribution is 5.98. The Bertz CT molecular complexity index is 1120. The lowest BCUT2D eigenvalue weighted by Gasteiger charge is -2.35. The van der Waals surface area contributed by atoms with Crippen LogP contribution in [0.5, 0.6) is 0 Å². The number of carbonyl (C=O) groups is 1. The number of hydrogen-bond donors (Lipinski definition) is 1. The largest absolute Gasteiger partial charge is 0.366 e. The van der Waals surface area contributed by atoms with Gasteiger partial charge in [0.05, 0.1) is 11.0 Å². The van der Waals surface area contributed by atoms with Gasteiger partial charge in [0, 0.05) is 17.9 Å². The second kappa shape index (κ2) is 8.65. The molecule has 156 valence electrons. The van der Waals surface area contributed by atoms with Gasteiger partial charge in [0.2, 0.25) is 5.91 Å². The van der Waals surface area contributed by atoms with Crippen molar-refractivity contribution < 1.29 is 4.79 Å². The summed E-state index contributed by atoms with van der Waals surface area (Å²) < 4.78 is 0. The first-order valence-corrected chi connectivity index (χ1v) is 10.7. The molecule has 1 amide bonds. The summed E-state index contributed by atoms with van der Waals surface area (Å²) >= 11 is 0. The molecule has 1 unspecified atom stereocenters. The third-order valence-corrected chi connectivity index (χ3v) is 6.25. The van der Waals surface area contributed by atoms with Crippen LogP contribution in [0.4, 0.5) is 0 Å². The zero-order valence-electron chi connectivity index (χ0n) is 18.1. The van der Waals surface area contributed by atoms with Gasteiger partial charge in [-0.2, -0.15) is 0 Å². The number of nitrogens with zero attached hydrogens (tertiary/aromatic N) is 1. The molecule has 0 spiro atoms. The van der Waals surface area contributed by atoms with Gasteiger partial charge in [0.1, 0.15) is 0 Å². The summed E-state index contributed by atoms with van der Waals surface area (Å²) in [6.45, 7) is 4.83. The average molecular weight is 409 g/mol. The maximum atomic E-state index is 12.9. The molecular formula is C28H28N2O. The van der Waals surface area contributed by atoms with Gasteiger partial charge in [-0.1, -0.05) is 97.9 Å². The number of benzene rings is 3. The topological polar surface area (TPSA) is 46.3 Å². The lowest BCUT2D eigenvalue weighted by molar-refractivity contribution is -0.115. The first-order chi connectivity index (χ1) is 15.1. The number of amides is 1. The predicted octanol–water partition coefficient (Wildman–Crippen LogP) is 5.65. The van der Waals surface area contributed by atoms with Gasteiger partial charge >= 0.3 is 0 Å². The summed E-state index contributed by atoms with van der Waals surface area (Å²) in [5, 5.41) is 0. The van der Waals surface area contributed by atoms with Crippen molar-refractivity contribution in [3.8, 4) is 0 Å². The highest BCUT2D eigenvalue weighted by atomic mass is 16.1. The van der Waals surface area contributed by atoms with E-state index in [1.807, 2.05) is 61.5 Å². The van der Waals surface area contributed by atoms with Gasteiger partial charge < -0.3 is 10.6 Å². The quantitative estimate of drug-likeness (QED) is 0.573. The lowest BCUT2D eigenvalue weighted by Crippen LogP contribution is -2.35. The molecule has 1 atom stereocenters. The number of hydrogen-bond acceptors (Lipinski definition) is 2. The number of primary amides is 1. The molecule has 2 N–H and O–H groups in total. The van der Waals surface area contributed by atoms with Crippen LogP contribution in [-0.2, 0) is 16.8 Å². The van der Waals surface area contributed by atoms with E-state index in [2.05, 4.69) is 54.3 Å². The number of nitrogens with two attached hydrogens (primary N) is 1. The molecule has 0 saturated heterocycles. The van der Waals surface area contributed by atoms with E-state index in [1.165, 1.54) is 5.56 Å². The molecule has 1 heterocycles. The summed E-state index contributed by atoms with van der Waals surface area (Å²) in [6.07, 6.45) is 2.94. The van der Waals surface area contributed by atoms with Crippen molar-refractivity contribution in [2.75, 3.05) is 0 Å². The van der Waals surface area contributed by atoms with Gasteiger partial charge in [-0.3, -0.25) is 4.79 Å². The predicted molar refractivity (Wildman–Crippen MR) is 127 cm³/mol. The van der Waals surface area contributed by atoms with Gasteiger partial charge in [0.25, 0.3) is 0 Å². The molecule has 3 aromatic rings. The van der Waals surface area contributed by atoms with E-state index < -0.39 is 5.41 Å².